The molecule has 8 rings (SSSR count). The van der Waals surface area contributed by atoms with E-state index >= 15 is 0 Å². The zero-order chi connectivity index (χ0) is 50.3. The summed E-state index contributed by atoms with van der Waals surface area (Å²) < 4.78 is 57.1. The van der Waals surface area contributed by atoms with E-state index in [4.69, 9.17) is 20.5 Å². The summed E-state index contributed by atoms with van der Waals surface area (Å²) in [5, 5.41) is 9.39. The van der Waals surface area contributed by atoms with Crippen LogP contribution in [-0.4, -0.2) is 81.2 Å². The lowest BCUT2D eigenvalue weighted by Crippen LogP contribution is -2.26. The summed E-state index contributed by atoms with van der Waals surface area (Å²) >= 11 is 0. The van der Waals surface area contributed by atoms with Crippen LogP contribution in [0.1, 0.15) is 86.0 Å². The van der Waals surface area contributed by atoms with Gasteiger partial charge in [0, 0.05) is 51.7 Å². The number of aliphatic hydroxyl groups excluding tert-OH is 1. The molecule has 0 aliphatic heterocycles. The van der Waals surface area contributed by atoms with Crippen LogP contribution in [0.2, 0.25) is 0 Å². The number of rotatable bonds is 10. The van der Waals surface area contributed by atoms with Gasteiger partial charge < -0.3 is 25.6 Å². The number of aliphatic hydroxyl groups is 1. The summed E-state index contributed by atoms with van der Waals surface area (Å²) in [6.07, 6.45) is 5.96. The Morgan fingerprint density at radius 1 is 0.536 bits per heavy atom. The second-order valence-corrected chi connectivity index (χ2v) is 20.9. The molecule has 2 aliphatic carbocycles. The van der Waals surface area contributed by atoms with Gasteiger partial charge in [0.1, 0.15) is 11.5 Å². The van der Waals surface area contributed by atoms with E-state index in [1.165, 1.54) is 64.2 Å². The van der Waals surface area contributed by atoms with Gasteiger partial charge in [-0.15, -0.1) is 0 Å². The maximum absolute atomic E-state index is 11.8. The Morgan fingerprint density at radius 3 is 1.42 bits per heavy atom. The molecule has 0 spiro atoms. The number of hydrogen-bond acceptors (Lipinski definition) is 9. The number of benzene rings is 6. The fourth-order valence-corrected chi connectivity index (χ4v) is 9.94. The number of sulfone groups is 2. The molecule has 0 unspecified atom stereocenters. The quantitative estimate of drug-likeness (QED) is 0.0788. The summed E-state index contributed by atoms with van der Waals surface area (Å²) in [4.78, 5) is 29.3. The van der Waals surface area contributed by atoms with E-state index < -0.39 is 31.2 Å². The molecule has 0 saturated carbocycles. The van der Waals surface area contributed by atoms with Crippen molar-refractivity contribution in [2.24, 2.45) is 0 Å². The van der Waals surface area contributed by atoms with Crippen molar-refractivity contribution < 1.29 is 50.6 Å². The fourth-order valence-electron chi connectivity index (χ4n) is 8.14. The Bertz CT molecular complexity index is 3280. The van der Waals surface area contributed by atoms with Crippen LogP contribution >= 0.6 is 0 Å². The molecule has 352 valence electrons. The highest BCUT2D eigenvalue weighted by Crippen LogP contribution is 2.41. The number of hydrogen-bond donors (Lipinski definition) is 1. The normalized spacial score (nSPS) is 13.2. The zero-order valence-corrected chi connectivity index (χ0v) is 40.7. The molecule has 0 radical (unpaired) electrons. The molecule has 0 heterocycles. The van der Waals surface area contributed by atoms with E-state index in [-0.39, 0.29) is 49.8 Å². The van der Waals surface area contributed by atoms with Crippen molar-refractivity contribution >= 4 is 53.6 Å². The third kappa shape index (κ3) is 10.7. The molecule has 6 aromatic carbocycles. The minimum absolute atomic E-state index is 0.0134. The van der Waals surface area contributed by atoms with Gasteiger partial charge in [0.25, 0.3) is 11.6 Å². The Kier molecular flexibility index (Phi) is 15.2. The predicted octanol–water partition coefficient (Wildman–Crippen LogP) is 8.79. The van der Waals surface area contributed by atoms with E-state index in [1.54, 1.807) is 32.4 Å². The highest BCUT2D eigenvalue weighted by atomic mass is 32.2. The number of Topliss-reactive ketones (excluding diaryl/α,β-unsaturated/α-hetero) is 2. The Hall–Kier alpha value is -7.64. The summed E-state index contributed by atoms with van der Waals surface area (Å²) in [6, 6.07) is 44.6. The molecular formula is C54H50N4O9S2. The van der Waals surface area contributed by atoms with Crippen molar-refractivity contribution in [3.63, 3.8) is 0 Å². The maximum Gasteiger partial charge on any atom is 0.364 e. The molecule has 1 N–H and O–H groups in total. The molecule has 0 aromatic heterocycles. The van der Waals surface area contributed by atoms with Gasteiger partial charge in [-0.3, -0.25) is 9.59 Å². The van der Waals surface area contributed by atoms with E-state index in [9.17, 15) is 31.5 Å². The Balaban J connectivity index is 0.000000191. The first-order chi connectivity index (χ1) is 32.7. The zero-order valence-electron chi connectivity index (χ0n) is 39.0. The molecular weight excluding hydrogens is 913 g/mol. The van der Waals surface area contributed by atoms with Gasteiger partial charge in [-0.2, -0.15) is 9.58 Å². The second-order valence-electron chi connectivity index (χ2n) is 16.9. The number of fused-ring (bicyclic) bond motifs is 2. The van der Waals surface area contributed by atoms with Gasteiger partial charge in [-0.1, -0.05) is 123 Å². The van der Waals surface area contributed by atoms with Crippen LogP contribution in [0.3, 0.4) is 0 Å². The van der Waals surface area contributed by atoms with E-state index in [2.05, 4.69) is 91.0 Å². The van der Waals surface area contributed by atoms with Gasteiger partial charge in [0.05, 0.1) is 36.7 Å². The molecule has 0 atom stereocenters. The fraction of sp³-hybridized carbons (Fsp3) is 0.185. The van der Waals surface area contributed by atoms with Crippen molar-refractivity contribution in [2.75, 3.05) is 26.7 Å². The maximum atomic E-state index is 11.8. The lowest BCUT2D eigenvalue weighted by molar-refractivity contribution is -0.00459. The SMILES string of the molecule is COc1ccc(C(C)(c2ccc(OC)cc2)c2ccc(C(C)(C)c3ccc(CO)cc3)cc2)cc1.CS(=O)(=O)C1=CC(=[N+]=[N-])C(=O)c2ccccc21.CS(=O)(=O)c1cccc2c1C=CC(=[N+]=[N-])C2=O. The minimum Gasteiger partial charge on any atom is -0.497 e. The van der Waals surface area contributed by atoms with E-state index in [0.29, 0.717) is 11.1 Å². The van der Waals surface area contributed by atoms with E-state index in [1.807, 2.05) is 36.4 Å². The molecule has 0 saturated heterocycles. The summed E-state index contributed by atoms with van der Waals surface area (Å²) in [5.74, 6) is 0.705. The number of ketones is 2. The van der Waals surface area contributed by atoms with Gasteiger partial charge in [0.2, 0.25) is 0 Å². The average Bonchev–Trinajstić information content (AvgIpc) is 3.36. The molecule has 6 aromatic rings. The first-order valence-corrected chi connectivity index (χ1v) is 25.2. The molecule has 2 aliphatic rings. The van der Waals surface area contributed by atoms with Crippen LogP contribution in [0.25, 0.3) is 22.0 Å². The average molecular weight is 963 g/mol. The van der Waals surface area contributed by atoms with E-state index in [0.717, 1.165) is 35.7 Å². The number of allylic oxidation sites excluding steroid dienone is 2. The summed E-state index contributed by atoms with van der Waals surface area (Å²) in [7, 11) is -3.51. The van der Waals surface area contributed by atoms with Gasteiger partial charge >= 0.3 is 11.4 Å². The molecule has 0 amide bonds. The molecule has 69 heavy (non-hydrogen) atoms. The monoisotopic (exact) mass is 962 g/mol. The highest BCUT2D eigenvalue weighted by molar-refractivity contribution is 8.00. The smallest absolute Gasteiger partial charge is 0.364 e. The number of methoxy groups -OCH3 is 2. The van der Waals surface area contributed by atoms with Crippen LogP contribution in [0.15, 0.2) is 157 Å². The number of carbonyl (C=O) groups is 2. The van der Waals surface area contributed by atoms with Crippen LogP contribution in [-0.2, 0) is 37.1 Å². The molecule has 15 heteroatoms. The Morgan fingerprint density at radius 2 is 0.971 bits per heavy atom. The van der Waals surface area contributed by atoms with Crippen molar-refractivity contribution in [1.29, 1.82) is 0 Å². The van der Waals surface area contributed by atoms with Crippen LogP contribution in [0, 0.1) is 0 Å². The molecule has 0 bridgehead atoms. The summed E-state index contributed by atoms with van der Waals surface area (Å²) in [6.45, 7) is 6.80. The van der Waals surface area contributed by atoms with Crippen molar-refractivity contribution in [2.45, 2.75) is 43.1 Å². The highest BCUT2D eigenvalue weighted by Gasteiger charge is 2.35. The molecule has 13 nitrogen and oxygen atoms in total. The number of ether oxygens (including phenoxy) is 2. The number of nitrogens with zero attached hydrogens (tertiary/aromatic N) is 4. The third-order valence-corrected chi connectivity index (χ3v) is 14.6. The van der Waals surface area contributed by atoms with Crippen molar-refractivity contribution in [1.82, 2.24) is 0 Å². The largest absolute Gasteiger partial charge is 0.497 e. The Labute approximate surface area is 402 Å². The first-order valence-electron chi connectivity index (χ1n) is 21.4. The van der Waals surface area contributed by atoms with Crippen LogP contribution < -0.4 is 9.47 Å². The second kappa shape index (κ2) is 20.7. The molecule has 0 fully saturated rings. The number of carbonyl (C=O) groups excluding carboxylic acids is 2. The lowest BCUT2D eigenvalue weighted by atomic mass is 9.70. The van der Waals surface area contributed by atoms with Gasteiger partial charge in [-0.05, 0) is 76.7 Å². The van der Waals surface area contributed by atoms with Crippen LogP contribution in [0.4, 0.5) is 0 Å². The predicted molar refractivity (Wildman–Crippen MR) is 266 cm³/mol. The minimum atomic E-state index is -3.49. The van der Waals surface area contributed by atoms with Gasteiger partial charge in [0.15, 0.2) is 19.7 Å². The lowest BCUT2D eigenvalue weighted by Gasteiger charge is -2.33. The topological polar surface area (TPSA) is 214 Å². The first kappa shape index (κ1) is 50.8. The van der Waals surface area contributed by atoms with Crippen molar-refractivity contribution in [3.05, 3.63) is 218 Å². The standard InChI is InChI=1S/C32H34O3.2C11H8N2O3S/c1-31(2,24-8-6-23(22-33)7-9-24)25-10-12-26(13-11-25)32(3,27-14-18-29(34-4)19-15-27)28-16-20-30(35-5)21-17-28;1-17(15,16)10-4-2-3-8-7(10)5-6-9(13-12)11(8)14;1-17(15,16)10-6-9(13-12)11(14)8-5-3-2-4-7(8)10/h6-21,33H,22H2,1-5H3;2*2-6H,1H3. The van der Waals surface area contributed by atoms with Gasteiger partial charge in [-0.25, -0.2) is 16.8 Å². The van der Waals surface area contributed by atoms with Crippen LogP contribution in [0.5, 0.6) is 11.5 Å². The summed E-state index contributed by atoms with van der Waals surface area (Å²) in [5.41, 5.74) is 24.5. The third-order valence-electron chi connectivity index (χ3n) is 12.3. The van der Waals surface area contributed by atoms with Crippen molar-refractivity contribution in [3.8, 4) is 11.5 Å².